The number of hydrogen-bond donors (Lipinski definition) is 1. The van der Waals surface area contributed by atoms with Crippen molar-refractivity contribution in [2.75, 3.05) is 20.2 Å². The van der Waals surface area contributed by atoms with Gasteiger partial charge in [-0.25, -0.2) is 9.37 Å². The summed E-state index contributed by atoms with van der Waals surface area (Å²) in [5, 5.41) is 9.14. The second-order valence-electron chi connectivity index (χ2n) is 7.89. The molecule has 0 bridgehead atoms. The Balaban J connectivity index is 1.79. The van der Waals surface area contributed by atoms with E-state index in [-0.39, 0.29) is 17.4 Å². The number of nitrogens with zero attached hydrogens (tertiary/aromatic N) is 2. The van der Waals surface area contributed by atoms with Crippen LogP contribution >= 0.6 is 11.6 Å². The zero-order valence-electron chi connectivity index (χ0n) is 19.3. The van der Waals surface area contributed by atoms with Gasteiger partial charge in [0.15, 0.2) is 10.9 Å². The Hall–Kier alpha value is -3.22. The maximum Gasteiger partial charge on any atom is 0.304 e. The van der Waals surface area contributed by atoms with Gasteiger partial charge in [-0.15, -0.1) is 0 Å². The van der Waals surface area contributed by atoms with Crippen LogP contribution in [0, 0.1) is 5.82 Å². The van der Waals surface area contributed by atoms with Crippen molar-refractivity contribution in [1.29, 1.82) is 0 Å². The molecule has 0 fully saturated rings. The first kappa shape index (κ1) is 25.4. The van der Waals surface area contributed by atoms with Crippen molar-refractivity contribution in [3.05, 3.63) is 93.5 Å². The SMILES string of the molecule is CCN(CCC(=O)O)Cc1ccc(/C=C/c2cc(Cc3ccccc3)nc(Cl)c2OC)c(F)c1. The first-order valence-corrected chi connectivity index (χ1v) is 11.5. The highest BCUT2D eigenvalue weighted by Crippen LogP contribution is 2.30. The average Bonchev–Trinajstić information content (AvgIpc) is 2.81. The minimum absolute atomic E-state index is 0.0553. The number of carbonyl (C=O) groups is 1. The predicted octanol–water partition coefficient (Wildman–Crippen LogP) is 5.94. The van der Waals surface area contributed by atoms with E-state index in [1.165, 1.54) is 13.2 Å². The lowest BCUT2D eigenvalue weighted by Crippen LogP contribution is -2.25. The number of hydrogen-bond acceptors (Lipinski definition) is 4. The van der Waals surface area contributed by atoms with E-state index in [0.717, 1.165) is 16.8 Å². The Labute approximate surface area is 204 Å². The first-order chi connectivity index (χ1) is 16.4. The molecule has 1 heterocycles. The second-order valence-corrected chi connectivity index (χ2v) is 8.25. The van der Waals surface area contributed by atoms with Crippen LogP contribution in [-0.2, 0) is 17.8 Å². The summed E-state index contributed by atoms with van der Waals surface area (Å²) in [6.45, 7) is 3.55. The molecule has 0 amide bonds. The monoisotopic (exact) mass is 482 g/mol. The van der Waals surface area contributed by atoms with Gasteiger partial charge in [0.25, 0.3) is 0 Å². The molecule has 0 spiro atoms. The molecule has 0 saturated carbocycles. The Morgan fingerprint density at radius 1 is 1.12 bits per heavy atom. The molecule has 0 aliphatic heterocycles. The van der Waals surface area contributed by atoms with Crippen LogP contribution in [-0.4, -0.2) is 41.2 Å². The van der Waals surface area contributed by atoms with E-state index in [0.29, 0.717) is 42.9 Å². The lowest BCUT2D eigenvalue weighted by Gasteiger charge is -2.19. The Morgan fingerprint density at radius 2 is 1.85 bits per heavy atom. The molecule has 0 atom stereocenters. The van der Waals surface area contributed by atoms with E-state index in [2.05, 4.69) is 4.98 Å². The van der Waals surface area contributed by atoms with Crippen LogP contribution in [0.25, 0.3) is 12.2 Å². The lowest BCUT2D eigenvalue weighted by atomic mass is 10.1. The maximum atomic E-state index is 14.8. The van der Waals surface area contributed by atoms with E-state index in [1.54, 1.807) is 18.2 Å². The highest BCUT2D eigenvalue weighted by Gasteiger charge is 2.12. The van der Waals surface area contributed by atoms with Crippen molar-refractivity contribution in [2.24, 2.45) is 0 Å². The molecule has 1 aromatic heterocycles. The van der Waals surface area contributed by atoms with Crippen LogP contribution in [0.1, 0.15) is 41.3 Å². The smallest absolute Gasteiger partial charge is 0.304 e. The van der Waals surface area contributed by atoms with Crippen LogP contribution in [0.15, 0.2) is 54.6 Å². The molecule has 3 aromatic rings. The van der Waals surface area contributed by atoms with Gasteiger partial charge in [-0.2, -0.15) is 0 Å². The minimum atomic E-state index is -0.844. The molecule has 3 rings (SSSR count). The van der Waals surface area contributed by atoms with Crippen molar-refractivity contribution < 1.29 is 19.0 Å². The van der Waals surface area contributed by atoms with Crippen molar-refractivity contribution >= 4 is 29.7 Å². The maximum absolute atomic E-state index is 14.8. The number of benzene rings is 2. The average molecular weight is 483 g/mol. The fourth-order valence-corrected chi connectivity index (χ4v) is 3.93. The van der Waals surface area contributed by atoms with Crippen LogP contribution in [0.5, 0.6) is 5.75 Å². The van der Waals surface area contributed by atoms with Crippen LogP contribution in [0.3, 0.4) is 0 Å². The van der Waals surface area contributed by atoms with Gasteiger partial charge in [0.2, 0.25) is 0 Å². The fourth-order valence-electron chi connectivity index (χ4n) is 3.64. The Bertz CT molecular complexity index is 1150. The molecular formula is C27H28ClFN2O3. The van der Waals surface area contributed by atoms with Gasteiger partial charge in [0.1, 0.15) is 5.82 Å². The normalized spacial score (nSPS) is 11.3. The van der Waals surface area contributed by atoms with Gasteiger partial charge in [0.05, 0.1) is 13.5 Å². The molecule has 0 unspecified atom stereocenters. The largest absolute Gasteiger partial charge is 0.493 e. The van der Waals surface area contributed by atoms with E-state index in [9.17, 15) is 9.18 Å². The summed E-state index contributed by atoms with van der Waals surface area (Å²) >= 11 is 6.36. The minimum Gasteiger partial charge on any atom is -0.493 e. The van der Waals surface area contributed by atoms with Crippen molar-refractivity contribution in [2.45, 2.75) is 26.3 Å². The van der Waals surface area contributed by atoms with Gasteiger partial charge in [-0.3, -0.25) is 9.69 Å². The molecule has 0 aliphatic carbocycles. The third kappa shape index (κ3) is 7.14. The number of carboxylic acid groups (broad SMARTS) is 1. The molecule has 0 aliphatic rings. The number of aromatic nitrogens is 1. The van der Waals surface area contributed by atoms with Gasteiger partial charge < -0.3 is 9.84 Å². The summed E-state index contributed by atoms with van der Waals surface area (Å²) in [4.78, 5) is 17.2. The summed E-state index contributed by atoms with van der Waals surface area (Å²) in [6, 6.07) is 16.9. The number of halogens is 2. The molecule has 1 N–H and O–H groups in total. The van der Waals surface area contributed by atoms with Crippen LogP contribution in [0.2, 0.25) is 5.15 Å². The molecule has 0 saturated heterocycles. The van der Waals surface area contributed by atoms with E-state index in [4.69, 9.17) is 21.4 Å². The number of methoxy groups -OCH3 is 1. The van der Waals surface area contributed by atoms with Gasteiger partial charge in [0, 0.05) is 36.3 Å². The predicted molar refractivity (Wildman–Crippen MR) is 134 cm³/mol. The molecule has 0 radical (unpaired) electrons. The Kier molecular flexibility index (Phi) is 9.19. The standard InChI is InChI=1S/C27H28ClFN2O3/c1-3-31(14-13-25(32)33)18-20-9-10-21(24(29)16-20)11-12-22-17-23(30-27(28)26(22)34-2)15-19-7-5-4-6-8-19/h4-12,16-17H,3,13-15,18H2,1-2H3,(H,32,33)/b12-11+. The molecular weight excluding hydrogens is 455 g/mol. The number of aliphatic carboxylic acids is 1. The highest BCUT2D eigenvalue weighted by atomic mass is 35.5. The van der Waals surface area contributed by atoms with Crippen molar-refractivity contribution in [1.82, 2.24) is 9.88 Å². The summed E-state index contributed by atoms with van der Waals surface area (Å²) in [6.07, 6.45) is 4.12. The van der Waals surface area contributed by atoms with Crippen LogP contribution < -0.4 is 4.74 Å². The zero-order chi connectivity index (χ0) is 24.5. The first-order valence-electron chi connectivity index (χ1n) is 11.1. The molecule has 34 heavy (non-hydrogen) atoms. The van der Waals surface area contributed by atoms with Gasteiger partial charge in [-0.1, -0.05) is 73.1 Å². The van der Waals surface area contributed by atoms with E-state index >= 15 is 0 Å². The summed E-state index contributed by atoms with van der Waals surface area (Å²) in [7, 11) is 1.52. The quantitative estimate of drug-likeness (QED) is 0.343. The third-order valence-electron chi connectivity index (χ3n) is 5.45. The summed E-state index contributed by atoms with van der Waals surface area (Å²) in [5.41, 5.74) is 3.82. The number of ether oxygens (including phenoxy) is 1. The van der Waals surface area contributed by atoms with Gasteiger partial charge in [-0.05, 0) is 29.8 Å². The summed E-state index contributed by atoms with van der Waals surface area (Å²) < 4.78 is 20.2. The zero-order valence-corrected chi connectivity index (χ0v) is 20.1. The van der Waals surface area contributed by atoms with Gasteiger partial charge >= 0.3 is 5.97 Å². The Morgan fingerprint density at radius 3 is 2.50 bits per heavy atom. The van der Waals surface area contributed by atoms with Crippen molar-refractivity contribution in [3.8, 4) is 5.75 Å². The van der Waals surface area contributed by atoms with Crippen LogP contribution in [0.4, 0.5) is 4.39 Å². The van der Waals surface area contributed by atoms with E-state index in [1.807, 2.05) is 54.3 Å². The summed E-state index contributed by atoms with van der Waals surface area (Å²) in [5.74, 6) is -0.765. The lowest BCUT2D eigenvalue weighted by molar-refractivity contribution is -0.137. The number of carboxylic acids is 1. The third-order valence-corrected chi connectivity index (χ3v) is 5.70. The van der Waals surface area contributed by atoms with Crippen molar-refractivity contribution in [3.63, 3.8) is 0 Å². The number of rotatable bonds is 11. The topological polar surface area (TPSA) is 62.7 Å². The molecule has 178 valence electrons. The highest BCUT2D eigenvalue weighted by molar-refractivity contribution is 6.31. The number of pyridine rings is 1. The van der Waals surface area contributed by atoms with E-state index < -0.39 is 5.97 Å². The fraction of sp³-hybridized carbons (Fsp3) is 0.259. The molecule has 2 aromatic carbocycles. The molecule has 7 heteroatoms. The second kappa shape index (κ2) is 12.3. The molecule has 5 nitrogen and oxygen atoms in total.